The van der Waals surface area contributed by atoms with Crippen LogP contribution in [0.1, 0.15) is 31.8 Å². The fourth-order valence-corrected chi connectivity index (χ4v) is 8.80. The van der Waals surface area contributed by atoms with E-state index in [-0.39, 0.29) is 45.8 Å². The van der Waals surface area contributed by atoms with Crippen LogP contribution in [-0.2, 0) is 5.41 Å². The molecule has 1 atom stereocenters. The maximum atomic E-state index is 9.69. The molecule has 57 heavy (non-hydrogen) atoms. The van der Waals surface area contributed by atoms with Crippen molar-refractivity contribution in [1.82, 2.24) is 0 Å². The van der Waals surface area contributed by atoms with Gasteiger partial charge < -0.3 is 9.32 Å². The number of hydrogen-bond acceptors (Lipinski definition) is 2. The molecule has 1 aliphatic rings. The summed E-state index contributed by atoms with van der Waals surface area (Å²) in [4.78, 5) is 1.88. The average Bonchev–Trinajstić information content (AvgIpc) is 3.89. The van der Waals surface area contributed by atoms with Crippen LogP contribution >= 0.6 is 0 Å². The maximum Gasteiger partial charge on any atom is 0.137 e. The van der Waals surface area contributed by atoms with Crippen molar-refractivity contribution in [3.05, 3.63) is 247 Å². The van der Waals surface area contributed by atoms with E-state index in [1.54, 1.807) is 0 Å². The minimum Gasteiger partial charge on any atom is -0.456 e. The lowest BCUT2D eigenvalue weighted by molar-refractivity contribution is 0.669. The molecule has 1 heterocycles. The lowest BCUT2D eigenvalue weighted by atomic mass is 9.67. The van der Waals surface area contributed by atoms with E-state index in [0.29, 0.717) is 11.4 Å². The van der Waals surface area contributed by atoms with E-state index >= 15 is 0 Å². The first kappa shape index (κ1) is 26.4. The van der Waals surface area contributed by atoms with E-state index in [1.807, 2.05) is 89.8 Å². The summed E-state index contributed by atoms with van der Waals surface area (Å²) in [6, 6.07) is 59.5. The van der Waals surface area contributed by atoms with Gasteiger partial charge in [0.15, 0.2) is 0 Å². The van der Waals surface area contributed by atoms with Crippen molar-refractivity contribution in [2.75, 3.05) is 4.90 Å². The van der Waals surface area contributed by atoms with Gasteiger partial charge in [0.05, 0.1) is 26.1 Å². The molecule has 2 nitrogen and oxygen atoms in total. The van der Waals surface area contributed by atoms with E-state index in [4.69, 9.17) is 12.6 Å². The summed E-state index contributed by atoms with van der Waals surface area (Å²) in [5.74, 6) is 0. The Morgan fingerprint density at radius 2 is 1.02 bits per heavy atom. The SMILES string of the molecule is [2H]c1c([2H])c([2H])c2c(oc3c([2H])c([2H])c([2H])c(N(c4ccc(-c5ccccc5)cc4)c4ccc5c(c4)C(c4ccccc4)(c4cccc(-c6ccccc6)c4)c4ccccc4-5)c32)c1[2H]. The van der Waals surface area contributed by atoms with Crippen LogP contribution in [0.2, 0.25) is 0 Å². The van der Waals surface area contributed by atoms with Gasteiger partial charge in [-0.15, -0.1) is 0 Å². The second kappa shape index (κ2) is 13.4. The van der Waals surface area contributed by atoms with Gasteiger partial charge in [0.2, 0.25) is 0 Å². The number of furan rings is 1. The van der Waals surface area contributed by atoms with Crippen molar-refractivity contribution in [1.29, 1.82) is 0 Å². The van der Waals surface area contributed by atoms with E-state index in [1.165, 1.54) is 0 Å². The molecule has 1 aliphatic carbocycles. The third-order valence-corrected chi connectivity index (χ3v) is 11.3. The molecule has 1 unspecified atom stereocenters. The molecule has 9 aromatic carbocycles. The third kappa shape index (κ3) is 5.26. The van der Waals surface area contributed by atoms with Crippen LogP contribution in [0.3, 0.4) is 0 Å². The lowest BCUT2D eigenvalue weighted by Crippen LogP contribution is -2.29. The summed E-state index contributed by atoms with van der Waals surface area (Å²) < 4.78 is 69.2. The molecule has 2 heteroatoms. The standard InChI is InChI=1S/C55H37NO/c1-4-16-38(17-5-1)40-30-32-44(33-31-40)56(51-27-15-29-53-54(51)48-25-11-13-28-52(48)57-53)45-34-35-47-46-24-10-12-26-49(46)55(50(47)37-45,42-21-8-3-9-22-42)43-23-14-20-41(36-43)39-18-6-2-7-19-39/h1-37H/i11D,13D,15D,25D,27D,28D,29D. The number of nitrogens with zero attached hydrogens (tertiary/aromatic N) is 1. The third-order valence-electron chi connectivity index (χ3n) is 11.3. The molecular weight excluding hydrogens is 691 g/mol. The van der Waals surface area contributed by atoms with Crippen LogP contribution in [0, 0.1) is 0 Å². The molecule has 0 N–H and O–H groups in total. The number of hydrogen-bond donors (Lipinski definition) is 0. The predicted octanol–water partition coefficient (Wildman–Crippen LogP) is 14.8. The summed E-state index contributed by atoms with van der Waals surface area (Å²) in [7, 11) is 0. The van der Waals surface area contributed by atoms with Crippen LogP contribution in [0.5, 0.6) is 0 Å². The molecule has 0 fully saturated rings. The normalized spacial score (nSPS) is 16.1. The van der Waals surface area contributed by atoms with E-state index < -0.39 is 29.6 Å². The van der Waals surface area contributed by atoms with Gasteiger partial charge in [-0.2, -0.15) is 0 Å². The highest BCUT2D eigenvalue weighted by atomic mass is 16.3. The minimum atomic E-state index is -0.816. The highest BCUT2D eigenvalue weighted by Gasteiger charge is 2.46. The molecule has 1 aromatic heterocycles. The molecule has 0 radical (unpaired) electrons. The van der Waals surface area contributed by atoms with Crippen molar-refractivity contribution in [2.24, 2.45) is 0 Å². The summed E-state index contributed by atoms with van der Waals surface area (Å²) >= 11 is 0. The monoisotopic (exact) mass is 734 g/mol. The molecule has 11 rings (SSSR count). The van der Waals surface area contributed by atoms with Crippen molar-refractivity contribution < 1.29 is 14.0 Å². The van der Waals surface area contributed by atoms with Crippen molar-refractivity contribution in [3.8, 4) is 33.4 Å². The van der Waals surface area contributed by atoms with Crippen LogP contribution < -0.4 is 4.90 Å². The Morgan fingerprint density at radius 3 is 1.81 bits per heavy atom. The van der Waals surface area contributed by atoms with Gasteiger partial charge in [-0.25, -0.2) is 0 Å². The van der Waals surface area contributed by atoms with Crippen molar-refractivity contribution >= 4 is 39.0 Å². The zero-order chi connectivity index (χ0) is 43.9. The largest absolute Gasteiger partial charge is 0.456 e. The molecule has 0 bridgehead atoms. The predicted molar refractivity (Wildman–Crippen MR) is 237 cm³/mol. The smallest absolute Gasteiger partial charge is 0.137 e. The topological polar surface area (TPSA) is 16.4 Å². The van der Waals surface area contributed by atoms with Gasteiger partial charge in [-0.05, 0) is 104 Å². The molecule has 0 saturated heterocycles. The Balaban J connectivity index is 1.25. The number of para-hydroxylation sites is 1. The average molecular weight is 735 g/mol. The number of rotatable bonds is 7. The fourth-order valence-electron chi connectivity index (χ4n) is 8.80. The van der Waals surface area contributed by atoms with Gasteiger partial charge >= 0.3 is 0 Å². The molecule has 268 valence electrons. The Labute approximate surface area is 342 Å². The summed E-state index contributed by atoms with van der Waals surface area (Å²) in [6.07, 6.45) is 0. The lowest BCUT2D eigenvalue weighted by Gasteiger charge is -2.35. The van der Waals surface area contributed by atoms with E-state index in [2.05, 4.69) is 97.1 Å². The van der Waals surface area contributed by atoms with Gasteiger partial charge in [-0.1, -0.05) is 176 Å². The first-order valence-corrected chi connectivity index (χ1v) is 19.0. The summed E-state index contributed by atoms with van der Waals surface area (Å²) in [6.45, 7) is 0. The van der Waals surface area contributed by atoms with Gasteiger partial charge in [0.1, 0.15) is 11.2 Å². The fraction of sp³-hybridized carbons (Fsp3) is 0.0182. The highest BCUT2D eigenvalue weighted by Crippen LogP contribution is 2.58. The number of fused-ring (bicyclic) bond motifs is 6. The zero-order valence-electron chi connectivity index (χ0n) is 37.7. The van der Waals surface area contributed by atoms with Gasteiger partial charge in [-0.3, -0.25) is 0 Å². The second-order valence-electron chi connectivity index (χ2n) is 14.3. The maximum absolute atomic E-state index is 9.69. The van der Waals surface area contributed by atoms with Crippen LogP contribution in [0.25, 0.3) is 55.3 Å². The minimum absolute atomic E-state index is 0.0498. The Hall–Kier alpha value is -7.42. The molecule has 10 aromatic rings. The molecule has 0 aliphatic heterocycles. The van der Waals surface area contributed by atoms with Gasteiger partial charge in [0, 0.05) is 16.8 Å². The molecular formula is C55H37NO. The highest BCUT2D eigenvalue weighted by molar-refractivity contribution is 6.13. The zero-order valence-corrected chi connectivity index (χ0v) is 30.7. The quantitative estimate of drug-likeness (QED) is 0.162. The Kier molecular flexibility index (Phi) is 6.21. The molecule has 0 amide bonds. The molecule has 0 spiro atoms. The first-order chi connectivity index (χ1) is 31.2. The van der Waals surface area contributed by atoms with Crippen molar-refractivity contribution in [2.45, 2.75) is 5.41 Å². The van der Waals surface area contributed by atoms with Crippen LogP contribution in [-0.4, -0.2) is 0 Å². The summed E-state index contributed by atoms with van der Waals surface area (Å²) in [5.41, 5.74) is 10.9. The Bertz CT molecular complexity index is 3460. The van der Waals surface area contributed by atoms with E-state index in [9.17, 15) is 1.37 Å². The second-order valence-corrected chi connectivity index (χ2v) is 14.3. The number of benzene rings is 9. The van der Waals surface area contributed by atoms with Crippen LogP contribution in [0.15, 0.2) is 229 Å². The first-order valence-electron chi connectivity index (χ1n) is 22.5. The van der Waals surface area contributed by atoms with Crippen LogP contribution in [0.4, 0.5) is 17.1 Å². The molecule has 0 saturated carbocycles. The Morgan fingerprint density at radius 1 is 0.421 bits per heavy atom. The summed E-state index contributed by atoms with van der Waals surface area (Å²) in [5, 5.41) is 0.211. The van der Waals surface area contributed by atoms with Gasteiger partial charge in [0.25, 0.3) is 0 Å². The van der Waals surface area contributed by atoms with Crippen molar-refractivity contribution in [3.63, 3.8) is 0 Å². The van der Waals surface area contributed by atoms with E-state index in [0.717, 1.165) is 55.6 Å². The number of anilines is 3.